The standard InChI is InChI=1S/C12H24N4O/c1-5-17-8-6-7-10-14-15-11(9-13)16(10)12(2,3)4/h5-9,13H2,1-4H3. The molecule has 0 atom stereocenters. The van der Waals surface area contributed by atoms with E-state index >= 15 is 0 Å². The Hall–Kier alpha value is -0.940. The molecule has 1 aromatic rings. The fourth-order valence-electron chi connectivity index (χ4n) is 1.90. The van der Waals surface area contributed by atoms with E-state index in [1.54, 1.807) is 0 Å². The SMILES string of the molecule is CCOCCCc1nnc(CN)n1C(C)(C)C. The lowest BCUT2D eigenvalue weighted by Gasteiger charge is -2.24. The lowest BCUT2D eigenvalue weighted by atomic mass is 10.1. The van der Waals surface area contributed by atoms with Gasteiger partial charge < -0.3 is 15.0 Å². The number of hydrogen-bond donors (Lipinski definition) is 1. The quantitative estimate of drug-likeness (QED) is 0.764. The zero-order valence-electron chi connectivity index (χ0n) is 11.4. The zero-order chi connectivity index (χ0) is 12.9. The van der Waals surface area contributed by atoms with E-state index in [0.29, 0.717) is 6.54 Å². The first-order valence-corrected chi connectivity index (χ1v) is 6.22. The number of aromatic nitrogens is 3. The number of ether oxygens (including phenoxy) is 1. The third-order valence-electron chi connectivity index (χ3n) is 2.54. The monoisotopic (exact) mass is 240 g/mol. The van der Waals surface area contributed by atoms with E-state index in [-0.39, 0.29) is 5.54 Å². The van der Waals surface area contributed by atoms with E-state index in [2.05, 4.69) is 35.5 Å². The van der Waals surface area contributed by atoms with Crippen LogP contribution in [-0.4, -0.2) is 28.0 Å². The number of nitrogens with zero attached hydrogens (tertiary/aromatic N) is 3. The second-order valence-corrected chi connectivity index (χ2v) is 5.04. The third kappa shape index (κ3) is 3.78. The van der Waals surface area contributed by atoms with Crippen LogP contribution in [0.5, 0.6) is 0 Å². The van der Waals surface area contributed by atoms with Gasteiger partial charge in [-0.25, -0.2) is 0 Å². The van der Waals surface area contributed by atoms with Crippen LogP contribution in [0, 0.1) is 0 Å². The van der Waals surface area contributed by atoms with Crippen LogP contribution in [0.2, 0.25) is 0 Å². The molecular weight excluding hydrogens is 216 g/mol. The molecule has 0 unspecified atom stereocenters. The summed E-state index contributed by atoms with van der Waals surface area (Å²) in [5.74, 6) is 1.85. The summed E-state index contributed by atoms with van der Waals surface area (Å²) >= 11 is 0. The van der Waals surface area contributed by atoms with Gasteiger partial charge in [0.2, 0.25) is 0 Å². The molecule has 0 aliphatic rings. The van der Waals surface area contributed by atoms with Crippen molar-refractivity contribution in [1.29, 1.82) is 0 Å². The number of rotatable bonds is 6. The molecule has 0 amide bonds. The average Bonchev–Trinajstić information content (AvgIpc) is 2.67. The highest BCUT2D eigenvalue weighted by molar-refractivity contribution is 5.01. The van der Waals surface area contributed by atoms with Gasteiger partial charge in [-0.05, 0) is 34.1 Å². The Kier molecular flexibility index (Phi) is 5.08. The van der Waals surface area contributed by atoms with Crippen LogP contribution < -0.4 is 5.73 Å². The number of aryl methyl sites for hydroxylation is 1. The number of hydrogen-bond acceptors (Lipinski definition) is 4. The van der Waals surface area contributed by atoms with Gasteiger partial charge >= 0.3 is 0 Å². The van der Waals surface area contributed by atoms with Crippen molar-refractivity contribution in [3.8, 4) is 0 Å². The van der Waals surface area contributed by atoms with E-state index in [4.69, 9.17) is 10.5 Å². The van der Waals surface area contributed by atoms with Crippen molar-refractivity contribution in [1.82, 2.24) is 14.8 Å². The van der Waals surface area contributed by atoms with Gasteiger partial charge in [-0.1, -0.05) is 0 Å². The van der Waals surface area contributed by atoms with Crippen molar-refractivity contribution in [2.45, 2.75) is 52.6 Å². The fourth-order valence-corrected chi connectivity index (χ4v) is 1.90. The first-order chi connectivity index (χ1) is 8.00. The topological polar surface area (TPSA) is 66.0 Å². The minimum Gasteiger partial charge on any atom is -0.382 e. The van der Waals surface area contributed by atoms with Crippen LogP contribution in [-0.2, 0) is 23.2 Å². The Morgan fingerprint density at radius 3 is 2.41 bits per heavy atom. The molecular formula is C12H24N4O. The summed E-state index contributed by atoms with van der Waals surface area (Å²) in [6, 6.07) is 0. The molecule has 5 nitrogen and oxygen atoms in total. The Labute approximate surface area is 103 Å². The van der Waals surface area contributed by atoms with Crippen LogP contribution in [0.4, 0.5) is 0 Å². The zero-order valence-corrected chi connectivity index (χ0v) is 11.4. The largest absolute Gasteiger partial charge is 0.382 e. The predicted molar refractivity (Wildman–Crippen MR) is 67.7 cm³/mol. The van der Waals surface area contributed by atoms with Crippen LogP contribution >= 0.6 is 0 Å². The molecule has 5 heteroatoms. The van der Waals surface area contributed by atoms with Gasteiger partial charge in [-0.2, -0.15) is 0 Å². The molecule has 0 saturated heterocycles. The van der Waals surface area contributed by atoms with E-state index in [9.17, 15) is 0 Å². The molecule has 0 aliphatic carbocycles. The lowest BCUT2D eigenvalue weighted by molar-refractivity contribution is 0.144. The normalized spacial score (nSPS) is 12.1. The second-order valence-electron chi connectivity index (χ2n) is 5.04. The predicted octanol–water partition coefficient (Wildman–Crippen LogP) is 1.46. The minimum atomic E-state index is -0.0286. The van der Waals surface area contributed by atoms with Gasteiger partial charge in [-0.3, -0.25) is 0 Å². The summed E-state index contributed by atoms with van der Waals surface area (Å²) < 4.78 is 7.47. The molecule has 17 heavy (non-hydrogen) atoms. The molecule has 1 heterocycles. The summed E-state index contributed by atoms with van der Waals surface area (Å²) in [6.07, 6.45) is 1.84. The summed E-state index contributed by atoms with van der Waals surface area (Å²) in [6.45, 7) is 10.4. The maximum absolute atomic E-state index is 5.69. The van der Waals surface area contributed by atoms with Crippen molar-refractivity contribution in [2.24, 2.45) is 5.73 Å². The van der Waals surface area contributed by atoms with Gasteiger partial charge in [0.25, 0.3) is 0 Å². The number of nitrogens with two attached hydrogens (primary N) is 1. The molecule has 98 valence electrons. The Morgan fingerprint density at radius 1 is 1.24 bits per heavy atom. The molecule has 1 aromatic heterocycles. The molecule has 0 aromatic carbocycles. The van der Waals surface area contributed by atoms with Gasteiger partial charge in [0, 0.05) is 25.2 Å². The van der Waals surface area contributed by atoms with Gasteiger partial charge in [0.05, 0.1) is 6.54 Å². The molecule has 0 bridgehead atoms. The molecule has 2 N–H and O–H groups in total. The van der Waals surface area contributed by atoms with Gasteiger partial charge in [0.15, 0.2) is 0 Å². The van der Waals surface area contributed by atoms with Crippen molar-refractivity contribution >= 4 is 0 Å². The smallest absolute Gasteiger partial charge is 0.147 e. The highest BCUT2D eigenvalue weighted by atomic mass is 16.5. The molecule has 0 fully saturated rings. The van der Waals surface area contributed by atoms with Crippen molar-refractivity contribution in [3.63, 3.8) is 0 Å². The molecule has 0 radical (unpaired) electrons. The van der Waals surface area contributed by atoms with Crippen LogP contribution in [0.3, 0.4) is 0 Å². The Balaban J connectivity index is 2.75. The van der Waals surface area contributed by atoms with Crippen molar-refractivity contribution < 1.29 is 4.74 Å². The molecule has 0 aliphatic heterocycles. The van der Waals surface area contributed by atoms with Crippen molar-refractivity contribution in [2.75, 3.05) is 13.2 Å². The molecule has 0 saturated carbocycles. The van der Waals surface area contributed by atoms with E-state index in [0.717, 1.165) is 37.7 Å². The van der Waals surface area contributed by atoms with Crippen LogP contribution in [0.25, 0.3) is 0 Å². The Morgan fingerprint density at radius 2 is 1.88 bits per heavy atom. The molecule has 0 spiro atoms. The summed E-state index contributed by atoms with van der Waals surface area (Å²) in [5.41, 5.74) is 5.66. The minimum absolute atomic E-state index is 0.0286. The van der Waals surface area contributed by atoms with Crippen LogP contribution in [0.15, 0.2) is 0 Å². The summed E-state index contributed by atoms with van der Waals surface area (Å²) in [7, 11) is 0. The maximum Gasteiger partial charge on any atom is 0.147 e. The van der Waals surface area contributed by atoms with E-state index in [1.807, 2.05) is 6.92 Å². The average molecular weight is 240 g/mol. The second kappa shape index (κ2) is 6.12. The fraction of sp³-hybridized carbons (Fsp3) is 0.833. The van der Waals surface area contributed by atoms with E-state index < -0.39 is 0 Å². The van der Waals surface area contributed by atoms with Crippen molar-refractivity contribution in [3.05, 3.63) is 11.6 Å². The van der Waals surface area contributed by atoms with Gasteiger partial charge in [0.1, 0.15) is 11.6 Å². The summed E-state index contributed by atoms with van der Waals surface area (Å²) in [5, 5.41) is 8.38. The highest BCUT2D eigenvalue weighted by Gasteiger charge is 2.21. The first kappa shape index (κ1) is 14.1. The third-order valence-corrected chi connectivity index (χ3v) is 2.54. The first-order valence-electron chi connectivity index (χ1n) is 6.22. The lowest BCUT2D eigenvalue weighted by Crippen LogP contribution is -2.27. The van der Waals surface area contributed by atoms with E-state index in [1.165, 1.54) is 0 Å². The molecule has 1 rings (SSSR count). The summed E-state index contributed by atoms with van der Waals surface area (Å²) in [4.78, 5) is 0. The van der Waals surface area contributed by atoms with Crippen LogP contribution in [0.1, 0.15) is 45.8 Å². The Bertz CT molecular complexity index is 341. The highest BCUT2D eigenvalue weighted by Crippen LogP contribution is 2.19. The van der Waals surface area contributed by atoms with Gasteiger partial charge in [-0.15, -0.1) is 10.2 Å². The maximum atomic E-state index is 5.69.